The Morgan fingerprint density at radius 2 is 1.50 bits per heavy atom. The number of primary amides is 1. The van der Waals surface area contributed by atoms with Crippen LogP contribution in [0.4, 0.5) is 0 Å². The molecule has 0 spiro atoms. The van der Waals surface area contributed by atoms with E-state index in [1.54, 1.807) is 0 Å². The molecule has 0 aromatic carbocycles. The molecular formula is C2H3NO3. The van der Waals surface area contributed by atoms with E-state index in [1.165, 1.54) is 0 Å². The molecule has 34 valence electrons. The second kappa shape index (κ2) is 38.5. The van der Waals surface area contributed by atoms with Crippen molar-refractivity contribution in [2.75, 3.05) is 0 Å². The van der Waals surface area contributed by atoms with E-state index >= 15 is 0 Å². The molecule has 0 bridgehead atoms. The summed E-state index contributed by atoms with van der Waals surface area (Å²) in [7, 11) is 0. The van der Waals surface area contributed by atoms with Crippen molar-refractivity contribution in [3.05, 3.63) is 0 Å². The topological polar surface area (TPSA) is 80.4 Å². The molecule has 0 aromatic rings. The van der Waals surface area contributed by atoms with Crippen LogP contribution in [0.1, 0.15) is 0 Å². The van der Waals surface area contributed by atoms with Gasteiger partial charge in [0.25, 0.3) is 0 Å². The molecule has 0 saturated carbocycles. The van der Waals surface area contributed by atoms with Gasteiger partial charge in [-0.05, 0) is 0 Å². The Hall–Kier alpha value is -1.06. The molecule has 4 nitrogen and oxygen atoms in total. The smallest absolute Gasteiger partial charge is 0.414 e. The number of rotatable bonds is 0. The molecule has 0 aliphatic rings. The SMILES string of the molecule is N[C]=O.O=[C]O. The Morgan fingerprint density at radius 1 is 1.50 bits per heavy atom. The summed E-state index contributed by atoms with van der Waals surface area (Å²) in [6, 6.07) is 0. The summed E-state index contributed by atoms with van der Waals surface area (Å²) in [5.74, 6) is 0. The molecule has 0 aromatic heterocycles. The first-order valence-electron chi connectivity index (χ1n) is 0.921. The summed E-state index contributed by atoms with van der Waals surface area (Å²) in [6.07, 6.45) is 1.00. The van der Waals surface area contributed by atoms with Gasteiger partial charge in [-0.2, -0.15) is 0 Å². The number of aliphatic hydroxyl groups excluding tert-OH is 1. The second-order valence-corrected chi connectivity index (χ2v) is 0.209. The van der Waals surface area contributed by atoms with Crippen LogP contribution in [0.25, 0.3) is 0 Å². The number of nitrogens with two attached hydrogens (primary N) is 1. The van der Waals surface area contributed by atoms with E-state index in [9.17, 15) is 0 Å². The third kappa shape index (κ3) is 9.85. The zero-order valence-corrected chi connectivity index (χ0v) is 2.84. The number of hydrogen-bond acceptors (Lipinski definition) is 2. The van der Waals surface area contributed by atoms with Gasteiger partial charge in [0.1, 0.15) is 0 Å². The summed E-state index contributed by atoms with van der Waals surface area (Å²) >= 11 is 0. The van der Waals surface area contributed by atoms with Crippen LogP contribution in [0, 0.1) is 0 Å². The van der Waals surface area contributed by atoms with E-state index in [0.717, 1.165) is 6.41 Å². The van der Waals surface area contributed by atoms with Crippen LogP contribution in [0.15, 0.2) is 0 Å². The van der Waals surface area contributed by atoms with Gasteiger partial charge in [-0.25, -0.2) is 4.79 Å². The molecule has 0 rings (SSSR count). The molecule has 3 N–H and O–H groups in total. The van der Waals surface area contributed by atoms with Gasteiger partial charge in [-0.3, -0.25) is 4.79 Å². The predicted molar refractivity (Wildman–Crippen MR) is 18.2 cm³/mol. The van der Waals surface area contributed by atoms with Crippen molar-refractivity contribution < 1.29 is 14.7 Å². The molecule has 6 heavy (non-hydrogen) atoms. The zero-order chi connectivity index (χ0) is 5.41. The lowest BCUT2D eigenvalue weighted by Gasteiger charge is -1.29. The van der Waals surface area contributed by atoms with Gasteiger partial charge >= 0.3 is 12.9 Å². The highest BCUT2D eigenvalue weighted by Crippen LogP contribution is 0.973. The summed E-state index contributed by atoms with van der Waals surface area (Å²) in [6.45, 7) is 0.500. The van der Waals surface area contributed by atoms with Gasteiger partial charge in [-0.1, -0.05) is 0 Å². The molecule has 0 fully saturated rings. The van der Waals surface area contributed by atoms with Crippen LogP contribution in [0.5, 0.6) is 0 Å². The van der Waals surface area contributed by atoms with E-state index < -0.39 is 0 Å². The Bertz CT molecular complexity index is 29.8. The lowest BCUT2D eigenvalue weighted by atomic mass is 11.5. The van der Waals surface area contributed by atoms with Gasteiger partial charge in [0.15, 0.2) is 0 Å². The molecule has 1 amide bonds. The Balaban J connectivity index is 0. The lowest BCUT2D eigenvalue weighted by Crippen LogP contribution is -1.82. The van der Waals surface area contributed by atoms with Gasteiger partial charge in [0.2, 0.25) is 0 Å². The summed E-state index contributed by atoms with van der Waals surface area (Å²) in [5.41, 5.74) is 4.04. The largest absolute Gasteiger partial charge is 0.473 e. The van der Waals surface area contributed by atoms with Crippen molar-refractivity contribution in [3.8, 4) is 0 Å². The Labute approximate surface area is 34.6 Å². The van der Waals surface area contributed by atoms with Crippen LogP contribution in [0.2, 0.25) is 0 Å². The highest BCUT2D eigenvalue weighted by Gasteiger charge is 1.30. The molecular weight excluding hydrogens is 86.0 g/mol. The maximum atomic E-state index is 8.46. The second-order valence-electron chi connectivity index (χ2n) is 0.209. The molecule has 0 atom stereocenters. The minimum Gasteiger partial charge on any atom is -0.473 e. The van der Waals surface area contributed by atoms with E-state index in [0.29, 0.717) is 6.47 Å². The minimum atomic E-state index is 0.500. The first-order valence-corrected chi connectivity index (χ1v) is 0.921. The number of hydrogen-bond donors (Lipinski definition) is 2. The Kier molecular flexibility index (Phi) is 57.0. The van der Waals surface area contributed by atoms with Gasteiger partial charge in [-0.15, -0.1) is 0 Å². The number of carbonyl (C=O) groups excluding carboxylic acids is 1. The maximum Gasteiger partial charge on any atom is 0.414 e. The molecule has 0 unspecified atom stereocenters. The molecule has 4 heteroatoms. The fraction of sp³-hybridized carbons (Fsp3) is 0. The van der Waals surface area contributed by atoms with Gasteiger partial charge in [0.05, 0.1) is 0 Å². The first-order chi connectivity index (χ1) is 2.83. The van der Waals surface area contributed by atoms with Crippen molar-refractivity contribution in [2.45, 2.75) is 0 Å². The van der Waals surface area contributed by atoms with Crippen LogP contribution in [-0.2, 0) is 9.59 Å². The van der Waals surface area contributed by atoms with Crippen LogP contribution in [-0.4, -0.2) is 18.0 Å². The van der Waals surface area contributed by atoms with Crippen molar-refractivity contribution in [1.82, 2.24) is 0 Å². The molecule has 0 saturated heterocycles. The predicted octanol–water partition coefficient (Wildman–Crippen LogP) is -1.38. The van der Waals surface area contributed by atoms with E-state index in [-0.39, 0.29) is 0 Å². The monoisotopic (exact) mass is 89.0 g/mol. The highest BCUT2D eigenvalue weighted by atomic mass is 16.3. The average Bonchev–Trinajstić information content (AvgIpc) is 1.39. The quantitative estimate of drug-likeness (QED) is 0.359. The summed E-state index contributed by atoms with van der Waals surface area (Å²) < 4.78 is 0. The average molecular weight is 89.0 g/mol. The molecule has 0 heterocycles. The van der Waals surface area contributed by atoms with Crippen molar-refractivity contribution in [1.29, 1.82) is 0 Å². The van der Waals surface area contributed by atoms with Crippen molar-refractivity contribution in [3.63, 3.8) is 0 Å². The fourth-order valence-electron chi connectivity index (χ4n) is 0. The highest BCUT2D eigenvalue weighted by molar-refractivity contribution is 5.43. The normalized spacial score (nSPS) is 4.00. The molecule has 0 aliphatic heterocycles. The van der Waals surface area contributed by atoms with Crippen molar-refractivity contribution >= 4 is 12.9 Å². The van der Waals surface area contributed by atoms with E-state index in [4.69, 9.17) is 14.7 Å². The van der Waals surface area contributed by atoms with Gasteiger partial charge in [0, 0.05) is 0 Å². The van der Waals surface area contributed by atoms with Crippen LogP contribution < -0.4 is 5.73 Å². The summed E-state index contributed by atoms with van der Waals surface area (Å²) in [4.78, 5) is 16.7. The number of amides is 1. The van der Waals surface area contributed by atoms with E-state index in [2.05, 4.69) is 5.73 Å². The van der Waals surface area contributed by atoms with E-state index in [1.807, 2.05) is 0 Å². The standard InChI is InChI=1S/CH2NO.CHO2/c2*2-1-3/h(H2,2,3);(H,2,3). The third-order valence-corrected chi connectivity index (χ3v) is 0. The zero-order valence-electron chi connectivity index (χ0n) is 2.84. The van der Waals surface area contributed by atoms with Crippen LogP contribution >= 0.6 is 0 Å². The Morgan fingerprint density at radius 3 is 1.50 bits per heavy atom. The lowest BCUT2D eigenvalue weighted by molar-refractivity contribution is 0.437. The first kappa shape index (κ1) is 8.87. The fourth-order valence-corrected chi connectivity index (χ4v) is 0. The van der Waals surface area contributed by atoms with Crippen molar-refractivity contribution in [2.24, 2.45) is 5.73 Å². The third-order valence-electron chi connectivity index (χ3n) is 0. The minimum absolute atomic E-state index is 0.500. The van der Waals surface area contributed by atoms with Crippen LogP contribution in [0.3, 0.4) is 0 Å². The molecule has 0 aliphatic carbocycles. The maximum absolute atomic E-state index is 8.46. The molecule has 2 radical (unpaired) electrons. The van der Waals surface area contributed by atoms with Gasteiger partial charge < -0.3 is 10.8 Å². The summed E-state index contributed by atoms with van der Waals surface area (Å²) in [5, 5.41) is 6.76.